The van der Waals surface area contributed by atoms with E-state index in [0.29, 0.717) is 6.04 Å². The summed E-state index contributed by atoms with van der Waals surface area (Å²) in [6, 6.07) is 6.36. The lowest BCUT2D eigenvalue weighted by Gasteiger charge is -2.14. The van der Waals surface area contributed by atoms with Crippen molar-refractivity contribution in [3.05, 3.63) is 27.7 Å². The molecule has 0 fully saturated rings. The Morgan fingerprint density at radius 1 is 1.43 bits per heavy atom. The molecule has 1 N–H and O–H groups in total. The molecular formula is C11H15BrClN. The van der Waals surface area contributed by atoms with Crippen molar-refractivity contribution in [3.8, 4) is 0 Å². The van der Waals surface area contributed by atoms with Crippen LogP contribution in [0, 0.1) is 0 Å². The smallest absolute Gasteiger partial charge is 0.0437 e. The van der Waals surface area contributed by atoms with Crippen LogP contribution in [0.2, 0.25) is 5.02 Å². The van der Waals surface area contributed by atoms with Crippen LogP contribution in [0.4, 0.5) is 5.69 Å². The van der Waals surface area contributed by atoms with Gasteiger partial charge in [0.2, 0.25) is 0 Å². The van der Waals surface area contributed by atoms with Gasteiger partial charge in [-0.05, 0) is 31.5 Å². The summed E-state index contributed by atoms with van der Waals surface area (Å²) in [5.74, 6) is 0. The first-order chi connectivity index (χ1) is 6.61. The summed E-state index contributed by atoms with van der Waals surface area (Å²) in [5, 5.41) is 4.17. The maximum Gasteiger partial charge on any atom is 0.0437 e. The molecule has 3 heteroatoms. The summed E-state index contributed by atoms with van der Waals surface area (Å²) >= 11 is 9.36. The average Bonchev–Trinajstić information content (AvgIpc) is 2.01. The minimum Gasteiger partial charge on any atom is -0.383 e. The molecule has 1 atom stereocenters. The molecule has 0 aromatic heterocycles. The molecule has 78 valence electrons. The van der Waals surface area contributed by atoms with Crippen LogP contribution in [0.15, 0.2) is 22.7 Å². The van der Waals surface area contributed by atoms with E-state index >= 15 is 0 Å². The van der Waals surface area contributed by atoms with Gasteiger partial charge in [-0.25, -0.2) is 0 Å². The Kier molecular flexibility index (Phi) is 4.76. The van der Waals surface area contributed by atoms with Gasteiger partial charge in [-0.2, -0.15) is 0 Å². The van der Waals surface area contributed by atoms with Gasteiger partial charge in [0.05, 0.1) is 0 Å². The highest BCUT2D eigenvalue weighted by atomic mass is 79.9. The summed E-state index contributed by atoms with van der Waals surface area (Å²) in [6.07, 6.45) is 2.36. The molecule has 0 aliphatic carbocycles. The fourth-order valence-electron chi connectivity index (χ4n) is 1.43. The topological polar surface area (TPSA) is 12.0 Å². The van der Waals surface area contributed by atoms with Crippen molar-refractivity contribution in [2.24, 2.45) is 0 Å². The molecule has 1 nitrogen and oxygen atoms in total. The summed E-state index contributed by atoms with van der Waals surface area (Å²) < 4.78 is 1.01. The van der Waals surface area contributed by atoms with Crippen molar-refractivity contribution >= 4 is 33.2 Å². The monoisotopic (exact) mass is 275 g/mol. The third-order valence-corrected chi connectivity index (χ3v) is 2.67. The molecule has 14 heavy (non-hydrogen) atoms. The van der Waals surface area contributed by atoms with Gasteiger partial charge in [0.1, 0.15) is 0 Å². The van der Waals surface area contributed by atoms with Crippen LogP contribution < -0.4 is 5.32 Å². The molecule has 0 saturated carbocycles. The highest BCUT2D eigenvalue weighted by Gasteiger charge is 2.02. The molecule has 0 aliphatic heterocycles. The normalized spacial score (nSPS) is 12.6. The molecule has 0 spiro atoms. The molecule has 0 radical (unpaired) electrons. The molecule has 0 amide bonds. The van der Waals surface area contributed by atoms with Crippen molar-refractivity contribution in [1.29, 1.82) is 0 Å². The van der Waals surface area contributed by atoms with Crippen LogP contribution in [0.25, 0.3) is 0 Å². The maximum atomic E-state index is 5.94. The minimum atomic E-state index is 0.491. The number of halogens is 2. The second kappa shape index (κ2) is 5.62. The maximum absolute atomic E-state index is 5.94. The zero-order chi connectivity index (χ0) is 10.6. The fraction of sp³-hybridized carbons (Fsp3) is 0.455. The molecule has 0 heterocycles. The highest BCUT2D eigenvalue weighted by Crippen LogP contribution is 2.23. The molecule has 1 unspecified atom stereocenters. The van der Waals surface area contributed by atoms with Gasteiger partial charge in [0.25, 0.3) is 0 Å². The van der Waals surface area contributed by atoms with Gasteiger partial charge in [-0.3, -0.25) is 0 Å². The zero-order valence-corrected chi connectivity index (χ0v) is 10.8. The van der Waals surface area contributed by atoms with Crippen LogP contribution in [-0.4, -0.2) is 6.04 Å². The Bertz CT molecular complexity index is 281. The average molecular weight is 277 g/mol. The van der Waals surface area contributed by atoms with E-state index in [1.54, 1.807) is 0 Å². The number of benzene rings is 1. The standard InChI is InChI=1S/C11H15BrClN/c1-3-4-8(2)14-11-6-9(12)5-10(13)7-11/h5-8,14H,3-4H2,1-2H3. The Labute approximate surface area is 99.0 Å². The van der Waals surface area contributed by atoms with Crippen molar-refractivity contribution in [3.63, 3.8) is 0 Å². The van der Waals surface area contributed by atoms with E-state index in [2.05, 4.69) is 35.1 Å². The van der Waals surface area contributed by atoms with Gasteiger partial charge in [0.15, 0.2) is 0 Å². The molecule has 1 aromatic carbocycles. The van der Waals surface area contributed by atoms with E-state index in [1.807, 2.05) is 18.2 Å². The van der Waals surface area contributed by atoms with Gasteiger partial charge >= 0.3 is 0 Å². The first-order valence-electron chi connectivity index (χ1n) is 4.84. The predicted molar refractivity (Wildman–Crippen MR) is 67.1 cm³/mol. The van der Waals surface area contributed by atoms with E-state index in [0.717, 1.165) is 15.2 Å². The zero-order valence-electron chi connectivity index (χ0n) is 8.48. The number of hydrogen-bond acceptors (Lipinski definition) is 1. The lowest BCUT2D eigenvalue weighted by molar-refractivity contribution is 0.690. The summed E-state index contributed by atoms with van der Waals surface area (Å²) in [7, 11) is 0. The Morgan fingerprint density at radius 2 is 2.14 bits per heavy atom. The Morgan fingerprint density at radius 3 is 2.71 bits per heavy atom. The predicted octanol–water partition coefficient (Wildman–Crippen LogP) is 4.70. The Balaban J connectivity index is 2.66. The van der Waals surface area contributed by atoms with E-state index in [-0.39, 0.29) is 0 Å². The molecule has 0 saturated heterocycles. The SMILES string of the molecule is CCCC(C)Nc1cc(Cl)cc(Br)c1. The number of nitrogens with one attached hydrogen (secondary N) is 1. The fourth-order valence-corrected chi connectivity index (χ4v) is 2.29. The highest BCUT2D eigenvalue weighted by molar-refractivity contribution is 9.10. The van der Waals surface area contributed by atoms with E-state index < -0.39 is 0 Å². The van der Waals surface area contributed by atoms with Crippen LogP contribution in [0.5, 0.6) is 0 Å². The summed E-state index contributed by atoms with van der Waals surface area (Å²) in [5.41, 5.74) is 1.07. The van der Waals surface area contributed by atoms with E-state index in [1.165, 1.54) is 12.8 Å². The van der Waals surface area contributed by atoms with Crippen molar-refractivity contribution in [2.45, 2.75) is 32.7 Å². The van der Waals surface area contributed by atoms with E-state index in [4.69, 9.17) is 11.6 Å². The van der Waals surface area contributed by atoms with Crippen LogP contribution in [0.1, 0.15) is 26.7 Å². The van der Waals surface area contributed by atoms with E-state index in [9.17, 15) is 0 Å². The molecule has 1 aromatic rings. The summed E-state index contributed by atoms with van der Waals surface area (Å²) in [4.78, 5) is 0. The second-order valence-corrected chi connectivity index (χ2v) is 4.84. The number of hydrogen-bond donors (Lipinski definition) is 1. The quantitative estimate of drug-likeness (QED) is 0.840. The van der Waals surface area contributed by atoms with Gasteiger partial charge in [-0.15, -0.1) is 0 Å². The third kappa shape index (κ3) is 3.89. The second-order valence-electron chi connectivity index (χ2n) is 3.49. The largest absolute Gasteiger partial charge is 0.383 e. The van der Waals surface area contributed by atoms with Crippen molar-refractivity contribution in [2.75, 3.05) is 5.32 Å². The molecular weight excluding hydrogens is 261 g/mol. The van der Waals surface area contributed by atoms with Gasteiger partial charge in [0, 0.05) is 21.2 Å². The van der Waals surface area contributed by atoms with Crippen molar-refractivity contribution in [1.82, 2.24) is 0 Å². The molecule has 0 bridgehead atoms. The van der Waals surface area contributed by atoms with Crippen molar-refractivity contribution < 1.29 is 0 Å². The van der Waals surface area contributed by atoms with Gasteiger partial charge < -0.3 is 5.32 Å². The minimum absolute atomic E-state index is 0.491. The number of anilines is 1. The first kappa shape index (κ1) is 11.9. The molecule has 1 rings (SSSR count). The van der Waals surface area contributed by atoms with Crippen LogP contribution >= 0.6 is 27.5 Å². The lowest BCUT2D eigenvalue weighted by atomic mass is 10.2. The third-order valence-electron chi connectivity index (χ3n) is 2.00. The first-order valence-corrected chi connectivity index (χ1v) is 6.01. The van der Waals surface area contributed by atoms with Crippen LogP contribution in [-0.2, 0) is 0 Å². The molecule has 0 aliphatic rings. The number of rotatable bonds is 4. The van der Waals surface area contributed by atoms with Gasteiger partial charge in [-0.1, -0.05) is 40.9 Å². The lowest BCUT2D eigenvalue weighted by Crippen LogP contribution is -2.14. The van der Waals surface area contributed by atoms with Crippen LogP contribution in [0.3, 0.4) is 0 Å². The summed E-state index contributed by atoms with van der Waals surface area (Å²) in [6.45, 7) is 4.37. The Hall–Kier alpha value is -0.210.